The second kappa shape index (κ2) is 10.5. The third-order valence-corrected chi connectivity index (χ3v) is 8.00. The number of rotatable bonds is 7. The topological polar surface area (TPSA) is 71.4 Å². The number of benzene rings is 2. The molecule has 0 radical (unpaired) electrons. The van der Waals surface area contributed by atoms with Crippen LogP contribution in [-0.4, -0.2) is 32.6 Å². The lowest BCUT2D eigenvalue weighted by Crippen LogP contribution is -2.35. The molecule has 1 saturated heterocycles. The minimum atomic E-state index is -0.313. The number of para-hydroxylation sites is 1. The monoisotopic (exact) mass is 521 g/mol. The number of amides is 3. The summed E-state index contributed by atoms with van der Waals surface area (Å²) in [6, 6.07) is 13.4. The number of aromatic nitrogens is 1. The number of hydrogen-bond acceptors (Lipinski definition) is 4. The van der Waals surface area contributed by atoms with Gasteiger partial charge in [-0.15, -0.1) is 0 Å². The molecule has 6 nitrogen and oxygen atoms in total. The first-order valence-corrected chi connectivity index (χ1v) is 13.5. The lowest BCUT2D eigenvalue weighted by molar-refractivity contribution is -0.123. The van der Waals surface area contributed by atoms with E-state index in [1.807, 2.05) is 35.0 Å². The number of nitrogens with one attached hydrogen (secondary N) is 1. The number of fused-ring (bicyclic) bond motifs is 1. The molecule has 186 valence electrons. The van der Waals surface area contributed by atoms with Gasteiger partial charge in [0.1, 0.15) is 6.54 Å². The van der Waals surface area contributed by atoms with Gasteiger partial charge in [0.2, 0.25) is 5.91 Å². The van der Waals surface area contributed by atoms with E-state index in [0.29, 0.717) is 9.93 Å². The molecule has 0 atom stereocenters. The van der Waals surface area contributed by atoms with Crippen LogP contribution in [0.3, 0.4) is 0 Å². The summed E-state index contributed by atoms with van der Waals surface area (Å²) in [5.74, 6) is -0.314. The summed E-state index contributed by atoms with van der Waals surface area (Å²) in [6.07, 6.45) is 8.92. The first-order valence-electron chi connectivity index (χ1n) is 12.3. The smallest absolute Gasteiger partial charge is 0.293 e. The van der Waals surface area contributed by atoms with E-state index >= 15 is 0 Å². The van der Waals surface area contributed by atoms with Crippen LogP contribution in [0.1, 0.15) is 49.3 Å². The molecule has 0 unspecified atom stereocenters. The second-order valence-corrected chi connectivity index (χ2v) is 10.8. The van der Waals surface area contributed by atoms with Crippen molar-refractivity contribution in [3.8, 4) is 0 Å². The Hall–Kier alpha value is -3.03. The number of halogens is 1. The van der Waals surface area contributed by atoms with E-state index in [0.717, 1.165) is 71.5 Å². The molecule has 3 aromatic rings. The summed E-state index contributed by atoms with van der Waals surface area (Å²) in [5, 5.41) is 4.44. The molecule has 2 aromatic carbocycles. The molecule has 1 saturated carbocycles. The van der Waals surface area contributed by atoms with Gasteiger partial charge in [-0.1, -0.05) is 61.7 Å². The fourth-order valence-electron chi connectivity index (χ4n) is 5.04. The zero-order valence-electron chi connectivity index (χ0n) is 20.1. The van der Waals surface area contributed by atoms with Gasteiger partial charge in [0.15, 0.2) is 0 Å². The van der Waals surface area contributed by atoms with Crippen LogP contribution in [0.4, 0.5) is 4.79 Å². The molecule has 1 aliphatic carbocycles. The van der Waals surface area contributed by atoms with E-state index in [1.54, 1.807) is 18.2 Å². The molecule has 2 heterocycles. The zero-order valence-corrected chi connectivity index (χ0v) is 21.7. The van der Waals surface area contributed by atoms with Crippen molar-refractivity contribution in [2.75, 3.05) is 0 Å². The molecule has 0 spiro atoms. The molecule has 2 aliphatic rings. The summed E-state index contributed by atoms with van der Waals surface area (Å²) in [7, 11) is 0. The Kier molecular flexibility index (Phi) is 7.21. The lowest BCUT2D eigenvalue weighted by Gasteiger charge is -2.13. The van der Waals surface area contributed by atoms with Crippen LogP contribution in [0.25, 0.3) is 17.0 Å². The van der Waals surface area contributed by atoms with E-state index in [9.17, 15) is 14.4 Å². The van der Waals surface area contributed by atoms with Gasteiger partial charge >= 0.3 is 0 Å². The van der Waals surface area contributed by atoms with Crippen molar-refractivity contribution in [1.29, 1.82) is 0 Å². The van der Waals surface area contributed by atoms with Crippen LogP contribution in [0.15, 0.2) is 53.6 Å². The molecule has 0 bridgehead atoms. The summed E-state index contributed by atoms with van der Waals surface area (Å²) in [4.78, 5) is 40.3. The highest BCUT2D eigenvalue weighted by atomic mass is 35.5. The van der Waals surface area contributed by atoms with E-state index in [2.05, 4.69) is 18.3 Å². The average Bonchev–Trinajstić information content (AvgIpc) is 3.56. The van der Waals surface area contributed by atoms with Crippen molar-refractivity contribution >= 4 is 57.4 Å². The maximum absolute atomic E-state index is 13.1. The fraction of sp³-hybridized carbons (Fsp3) is 0.321. The van der Waals surface area contributed by atoms with Crippen molar-refractivity contribution in [2.45, 2.75) is 58.2 Å². The van der Waals surface area contributed by atoms with Crippen LogP contribution in [0.5, 0.6) is 0 Å². The van der Waals surface area contributed by atoms with Gasteiger partial charge < -0.3 is 9.88 Å². The fourth-order valence-corrected chi connectivity index (χ4v) is 5.99. The minimum absolute atomic E-state index is 0.000422. The number of carbonyl (C=O) groups excluding carboxylic acids is 3. The van der Waals surface area contributed by atoms with Gasteiger partial charge in [-0.25, -0.2) is 0 Å². The molecular weight excluding hydrogens is 494 g/mol. The molecule has 36 heavy (non-hydrogen) atoms. The first kappa shape index (κ1) is 24.7. The molecule has 3 amide bonds. The third-order valence-electron chi connectivity index (χ3n) is 6.84. The van der Waals surface area contributed by atoms with E-state index in [-0.39, 0.29) is 36.2 Å². The summed E-state index contributed by atoms with van der Waals surface area (Å²) < 4.78 is 1.97. The molecule has 1 N–H and O–H groups in total. The van der Waals surface area contributed by atoms with Crippen LogP contribution in [0, 0.1) is 0 Å². The maximum Gasteiger partial charge on any atom is 0.293 e. The van der Waals surface area contributed by atoms with Crippen LogP contribution < -0.4 is 5.32 Å². The summed E-state index contributed by atoms with van der Waals surface area (Å²) in [6.45, 7) is 2.50. The van der Waals surface area contributed by atoms with Crippen molar-refractivity contribution in [1.82, 2.24) is 14.8 Å². The number of aryl methyl sites for hydroxylation is 1. The number of thioether (sulfide) groups is 1. The lowest BCUT2D eigenvalue weighted by atomic mass is 10.1. The van der Waals surface area contributed by atoms with Crippen molar-refractivity contribution < 1.29 is 14.4 Å². The van der Waals surface area contributed by atoms with E-state index in [4.69, 9.17) is 11.6 Å². The number of nitrogens with zero attached hydrogens (tertiary/aromatic N) is 2. The number of hydrogen-bond donors (Lipinski definition) is 1. The van der Waals surface area contributed by atoms with Gasteiger partial charge in [0.05, 0.1) is 17.0 Å². The Morgan fingerprint density at radius 2 is 1.89 bits per heavy atom. The molecule has 2 fully saturated rings. The molecule has 1 aromatic heterocycles. The van der Waals surface area contributed by atoms with Crippen molar-refractivity contribution in [2.24, 2.45) is 0 Å². The normalized spacial score (nSPS) is 17.6. The summed E-state index contributed by atoms with van der Waals surface area (Å²) in [5.41, 5.74) is 3.79. The molecule has 8 heteroatoms. The Morgan fingerprint density at radius 1 is 1.14 bits per heavy atom. The third kappa shape index (κ3) is 5.08. The Labute approximate surface area is 219 Å². The number of imide groups is 1. The molecule has 1 aliphatic heterocycles. The van der Waals surface area contributed by atoms with Gasteiger partial charge in [0.25, 0.3) is 11.1 Å². The first-order chi connectivity index (χ1) is 17.4. The van der Waals surface area contributed by atoms with Crippen molar-refractivity contribution in [3.05, 3.63) is 75.3 Å². The van der Waals surface area contributed by atoms with Gasteiger partial charge in [0, 0.05) is 28.2 Å². The van der Waals surface area contributed by atoms with E-state index < -0.39 is 0 Å². The predicted octanol–water partition coefficient (Wildman–Crippen LogP) is 6.15. The largest absolute Gasteiger partial charge is 0.352 e. The SMILES string of the molecule is CCc1cccc2c(/C=C3\SC(=O)N(Cc4ccc(Cl)cc4)C3=O)cn(CC(=O)NC3CCCC3)c12. The molecular formula is C28H28ClN3O3S. The van der Waals surface area contributed by atoms with Crippen LogP contribution >= 0.6 is 23.4 Å². The Balaban J connectivity index is 1.43. The Morgan fingerprint density at radius 3 is 2.61 bits per heavy atom. The maximum atomic E-state index is 13.1. The average molecular weight is 522 g/mol. The highest BCUT2D eigenvalue weighted by Gasteiger charge is 2.35. The predicted molar refractivity (Wildman–Crippen MR) is 145 cm³/mol. The molecule has 5 rings (SSSR count). The minimum Gasteiger partial charge on any atom is -0.352 e. The van der Waals surface area contributed by atoms with Crippen LogP contribution in [-0.2, 0) is 29.1 Å². The second-order valence-electron chi connectivity index (χ2n) is 9.32. The van der Waals surface area contributed by atoms with Crippen LogP contribution in [0.2, 0.25) is 5.02 Å². The van der Waals surface area contributed by atoms with Gasteiger partial charge in [-0.05, 0) is 60.4 Å². The summed E-state index contributed by atoms with van der Waals surface area (Å²) >= 11 is 6.90. The highest BCUT2D eigenvalue weighted by Crippen LogP contribution is 2.35. The number of carbonyl (C=O) groups is 3. The standard InChI is InChI=1S/C28H28ClN3O3S/c1-2-19-6-5-9-23-20(16-31(26(19)23)17-25(33)30-22-7-3-4-8-22)14-24-27(34)32(28(35)36-24)15-18-10-12-21(29)13-11-18/h5-6,9-14,16,22H,2-4,7-8,15,17H2,1H3,(H,30,33)/b24-14-. The highest BCUT2D eigenvalue weighted by molar-refractivity contribution is 8.18. The van der Waals surface area contributed by atoms with Gasteiger partial charge in [-0.2, -0.15) is 0 Å². The van der Waals surface area contributed by atoms with Crippen molar-refractivity contribution in [3.63, 3.8) is 0 Å². The van der Waals surface area contributed by atoms with E-state index in [1.165, 1.54) is 4.90 Å². The Bertz CT molecular complexity index is 1360. The zero-order chi connectivity index (χ0) is 25.2. The quantitative estimate of drug-likeness (QED) is 0.378. The van der Waals surface area contributed by atoms with Gasteiger partial charge in [-0.3, -0.25) is 19.3 Å².